The molecule has 0 radical (unpaired) electrons. The first-order valence-electron chi connectivity index (χ1n) is 6.31. The van der Waals surface area contributed by atoms with Gasteiger partial charge in [-0.2, -0.15) is 0 Å². The minimum Gasteiger partial charge on any atom is -0.356 e. The van der Waals surface area contributed by atoms with Gasteiger partial charge in [-0.3, -0.25) is 4.79 Å². The smallest absolute Gasteiger partial charge is 0.220 e. The predicted octanol–water partition coefficient (Wildman–Crippen LogP) is 1.85. The molecule has 3 nitrogen and oxygen atoms in total. The van der Waals surface area contributed by atoms with Gasteiger partial charge >= 0.3 is 0 Å². The van der Waals surface area contributed by atoms with Crippen LogP contribution in [0.25, 0.3) is 0 Å². The number of hydrogen-bond acceptors (Lipinski definition) is 2. The van der Waals surface area contributed by atoms with Crippen molar-refractivity contribution in [2.75, 3.05) is 32.1 Å². The monoisotopic (exact) mass is 246 g/mol. The highest BCUT2D eigenvalue weighted by atomic mass is 35.5. The zero-order chi connectivity index (χ0) is 11.8. The molecule has 0 spiro atoms. The van der Waals surface area contributed by atoms with Crippen LogP contribution in [0.2, 0.25) is 0 Å². The molecule has 1 rings (SSSR count). The molecular formula is C12H23ClN2O. The lowest BCUT2D eigenvalue weighted by Crippen LogP contribution is -2.31. The number of nitrogens with one attached hydrogen (secondary N) is 1. The van der Waals surface area contributed by atoms with Crippen molar-refractivity contribution in [3.05, 3.63) is 0 Å². The third-order valence-corrected chi connectivity index (χ3v) is 3.30. The van der Waals surface area contributed by atoms with Gasteiger partial charge in [-0.1, -0.05) is 6.92 Å². The van der Waals surface area contributed by atoms with E-state index in [9.17, 15) is 4.79 Å². The molecule has 1 aliphatic heterocycles. The van der Waals surface area contributed by atoms with Crippen LogP contribution in [0.4, 0.5) is 0 Å². The number of carbonyl (C=O) groups excluding carboxylic acids is 1. The van der Waals surface area contributed by atoms with Crippen molar-refractivity contribution >= 4 is 17.5 Å². The second-order valence-electron chi connectivity index (χ2n) is 4.55. The highest BCUT2D eigenvalue weighted by Crippen LogP contribution is 2.15. The summed E-state index contributed by atoms with van der Waals surface area (Å²) in [5.74, 6) is 1.36. The fraction of sp³-hybridized carbons (Fsp3) is 0.917. The van der Waals surface area contributed by atoms with Gasteiger partial charge in [0.2, 0.25) is 5.91 Å². The Hall–Kier alpha value is -0.280. The Morgan fingerprint density at radius 2 is 2.38 bits per heavy atom. The molecule has 1 atom stereocenters. The molecule has 1 heterocycles. The molecule has 0 aliphatic carbocycles. The van der Waals surface area contributed by atoms with E-state index in [1.807, 2.05) is 0 Å². The number of likely N-dealkylation sites (tertiary alicyclic amines) is 1. The Morgan fingerprint density at radius 3 is 3.06 bits per heavy atom. The highest BCUT2D eigenvalue weighted by Gasteiger charge is 2.21. The summed E-state index contributed by atoms with van der Waals surface area (Å²) in [5, 5.41) is 3.00. The van der Waals surface area contributed by atoms with E-state index in [2.05, 4.69) is 17.1 Å². The van der Waals surface area contributed by atoms with Gasteiger partial charge in [-0.25, -0.2) is 0 Å². The number of rotatable bonds is 7. The van der Waals surface area contributed by atoms with Gasteiger partial charge in [0.25, 0.3) is 0 Å². The number of carbonyl (C=O) groups is 1. The molecule has 0 saturated carbocycles. The summed E-state index contributed by atoms with van der Waals surface area (Å²) in [6.45, 7) is 6.57. The van der Waals surface area contributed by atoms with Crippen LogP contribution in [0.3, 0.4) is 0 Å². The van der Waals surface area contributed by atoms with E-state index >= 15 is 0 Å². The number of halogens is 1. The van der Waals surface area contributed by atoms with Gasteiger partial charge in [0.05, 0.1) is 0 Å². The second-order valence-corrected chi connectivity index (χ2v) is 4.93. The molecule has 0 aromatic carbocycles. The topological polar surface area (TPSA) is 32.3 Å². The van der Waals surface area contributed by atoms with Gasteiger partial charge in [0, 0.05) is 25.4 Å². The summed E-state index contributed by atoms with van der Waals surface area (Å²) in [4.78, 5) is 13.9. The van der Waals surface area contributed by atoms with Crippen molar-refractivity contribution in [1.82, 2.24) is 10.2 Å². The van der Waals surface area contributed by atoms with Crippen LogP contribution >= 0.6 is 11.6 Å². The van der Waals surface area contributed by atoms with Crippen LogP contribution < -0.4 is 5.32 Å². The minimum atomic E-state index is 0.148. The van der Waals surface area contributed by atoms with Gasteiger partial charge in [-0.05, 0) is 38.3 Å². The fourth-order valence-electron chi connectivity index (χ4n) is 2.17. The molecular weight excluding hydrogens is 224 g/mol. The Kier molecular flexibility index (Phi) is 6.81. The van der Waals surface area contributed by atoms with Crippen LogP contribution in [0.1, 0.15) is 32.6 Å². The molecule has 1 N–H and O–H groups in total. The van der Waals surface area contributed by atoms with Gasteiger partial charge in [0.1, 0.15) is 0 Å². The average Bonchev–Trinajstić information content (AvgIpc) is 2.72. The predicted molar refractivity (Wildman–Crippen MR) is 67.8 cm³/mol. The van der Waals surface area contributed by atoms with Crippen molar-refractivity contribution in [2.24, 2.45) is 5.92 Å². The minimum absolute atomic E-state index is 0.148. The SMILES string of the molecule is CCCN1CCC(CNC(=O)CCCCl)C1. The van der Waals surface area contributed by atoms with Crippen molar-refractivity contribution in [1.29, 1.82) is 0 Å². The lowest BCUT2D eigenvalue weighted by Gasteiger charge is -2.15. The molecule has 0 aromatic heterocycles. The molecule has 94 valence electrons. The van der Waals surface area contributed by atoms with Crippen molar-refractivity contribution < 1.29 is 4.79 Å². The van der Waals surface area contributed by atoms with E-state index in [4.69, 9.17) is 11.6 Å². The Morgan fingerprint density at radius 1 is 1.56 bits per heavy atom. The third kappa shape index (κ3) is 5.17. The quantitative estimate of drug-likeness (QED) is 0.696. The summed E-state index contributed by atoms with van der Waals surface area (Å²) < 4.78 is 0. The van der Waals surface area contributed by atoms with Crippen LogP contribution in [-0.4, -0.2) is 42.9 Å². The lowest BCUT2D eigenvalue weighted by molar-refractivity contribution is -0.121. The maximum absolute atomic E-state index is 11.4. The Balaban J connectivity index is 2.08. The zero-order valence-electron chi connectivity index (χ0n) is 10.2. The molecule has 1 amide bonds. The standard InChI is InChI=1S/C12H23ClN2O/c1-2-7-15-8-5-11(10-15)9-14-12(16)4-3-6-13/h11H,2-10H2,1H3,(H,14,16). The first-order chi connectivity index (χ1) is 7.76. The summed E-state index contributed by atoms with van der Waals surface area (Å²) in [5.41, 5.74) is 0. The highest BCUT2D eigenvalue weighted by molar-refractivity contribution is 6.17. The second kappa shape index (κ2) is 7.91. The van der Waals surface area contributed by atoms with Crippen molar-refractivity contribution in [3.63, 3.8) is 0 Å². The van der Waals surface area contributed by atoms with Crippen LogP contribution in [0.5, 0.6) is 0 Å². The van der Waals surface area contributed by atoms with E-state index in [-0.39, 0.29) is 5.91 Å². The number of alkyl halides is 1. The molecule has 1 unspecified atom stereocenters. The molecule has 1 aliphatic rings. The normalized spacial score (nSPS) is 21.2. The first kappa shape index (κ1) is 13.8. The number of nitrogens with zero attached hydrogens (tertiary/aromatic N) is 1. The molecule has 16 heavy (non-hydrogen) atoms. The molecule has 0 bridgehead atoms. The van der Waals surface area contributed by atoms with Gasteiger partial charge < -0.3 is 10.2 Å². The van der Waals surface area contributed by atoms with Gasteiger partial charge in [0.15, 0.2) is 0 Å². The largest absolute Gasteiger partial charge is 0.356 e. The Labute approximate surface area is 104 Å². The maximum Gasteiger partial charge on any atom is 0.220 e. The van der Waals surface area contributed by atoms with Crippen molar-refractivity contribution in [2.45, 2.75) is 32.6 Å². The third-order valence-electron chi connectivity index (χ3n) is 3.04. The van der Waals surface area contributed by atoms with E-state index in [0.29, 0.717) is 18.2 Å². The van der Waals surface area contributed by atoms with Crippen LogP contribution in [0, 0.1) is 5.92 Å². The number of amides is 1. The van der Waals surface area contributed by atoms with Crippen LogP contribution in [0.15, 0.2) is 0 Å². The van der Waals surface area contributed by atoms with E-state index < -0.39 is 0 Å². The van der Waals surface area contributed by atoms with E-state index in [1.165, 1.54) is 25.9 Å². The van der Waals surface area contributed by atoms with Gasteiger partial charge in [-0.15, -0.1) is 11.6 Å². The van der Waals surface area contributed by atoms with Crippen molar-refractivity contribution in [3.8, 4) is 0 Å². The average molecular weight is 247 g/mol. The summed E-state index contributed by atoms with van der Waals surface area (Å²) in [6, 6.07) is 0. The lowest BCUT2D eigenvalue weighted by atomic mass is 10.1. The Bertz CT molecular complexity index is 211. The molecule has 4 heteroatoms. The van der Waals surface area contributed by atoms with E-state index in [0.717, 1.165) is 19.5 Å². The first-order valence-corrected chi connectivity index (χ1v) is 6.84. The number of hydrogen-bond donors (Lipinski definition) is 1. The molecule has 1 saturated heterocycles. The summed E-state index contributed by atoms with van der Waals surface area (Å²) in [7, 11) is 0. The zero-order valence-corrected chi connectivity index (χ0v) is 10.9. The summed E-state index contributed by atoms with van der Waals surface area (Å²) in [6.07, 6.45) is 3.78. The van der Waals surface area contributed by atoms with E-state index in [1.54, 1.807) is 0 Å². The molecule has 1 fully saturated rings. The summed E-state index contributed by atoms with van der Waals surface area (Å²) >= 11 is 5.54. The molecule has 0 aromatic rings. The van der Waals surface area contributed by atoms with Crippen LogP contribution in [-0.2, 0) is 4.79 Å². The fourth-order valence-corrected chi connectivity index (χ4v) is 2.31. The maximum atomic E-state index is 11.4.